The molecule has 0 bridgehead atoms. The van der Waals surface area contributed by atoms with E-state index in [2.05, 4.69) is 15.2 Å². The number of hydrogen-bond acceptors (Lipinski definition) is 6. The Morgan fingerprint density at radius 3 is 2.96 bits per heavy atom. The van der Waals surface area contributed by atoms with Crippen molar-refractivity contribution < 1.29 is 19.1 Å². The lowest BCUT2D eigenvalue weighted by Crippen LogP contribution is -2.25. The van der Waals surface area contributed by atoms with E-state index in [1.165, 1.54) is 17.6 Å². The van der Waals surface area contributed by atoms with E-state index in [0.29, 0.717) is 5.69 Å². The lowest BCUT2D eigenvalue weighted by atomic mass is 10.1. The maximum absolute atomic E-state index is 14.2. The van der Waals surface area contributed by atoms with Gasteiger partial charge in [-0.2, -0.15) is 4.37 Å². The molecule has 1 aromatic heterocycles. The molecular formula is C17H16FN3O3S. The van der Waals surface area contributed by atoms with Gasteiger partial charge in [0.05, 0.1) is 34.9 Å². The van der Waals surface area contributed by atoms with Crippen molar-refractivity contribution in [1.82, 2.24) is 9.85 Å². The van der Waals surface area contributed by atoms with Crippen molar-refractivity contribution in [3.8, 4) is 0 Å². The van der Waals surface area contributed by atoms with E-state index >= 15 is 0 Å². The van der Waals surface area contributed by atoms with E-state index in [4.69, 9.17) is 9.94 Å². The second kappa shape index (κ2) is 7.56. The number of carbonyl (C=O) groups is 1. The minimum atomic E-state index is -0.501. The van der Waals surface area contributed by atoms with Gasteiger partial charge in [0.2, 0.25) is 0 Å². The van der Waals surface area contributed by atoms with E-state index < -0.39 is 11.7 Å². The van der Waals surface area contributed by atoms with Gasteiger partial charge in [0.1, 0.15) is 5.82 Å². The summed E-state index contributed by atoms with van der Waals surface area (Å²) in [7, 11) is 0. The molecular weight excluding hydrogens is 345 g/mol. The summed E-state index contributed by atoms with van der Waals surface area (Å²) in [6.07, 6.45) is 1.68. The van der Waals surface area contributed by atoms with Crippen LogP contribution >= 0.6 is 11.5 Å². The molecule has 0 saturated carbocycles. The van der Waals surface area contributed by atoms with Gasteiger partial charge in [-0.15, -0.1) is 0 Å². The minimum Gasteiger partial charge on any atom is -0.394 e. The van der Waals surface area contributed by atoms with Crippen LogP contribution in [0.5, 0.6) is 0 Å². The van der Waals surface area contributed by atoms with Gasteiger partial charge in [-0.25, -0.2) is 9.87 Å². The van der Waals surface area contributed by atoms with Gasteiger partial charge in [-0.3, -0.25) is 9.63 Å². The number of hydrogen-bond donors (Lipinski definition) is 3. The van der Waals surface area contributed by atoms with Crippen molar-refractivity contribution in [3.63, 3.8) is 0 Å². The maximum atomic E-state index is 14.2. The number of aryl methyl sites for hydroxylation is 1. The van der Waals surface area contributed by atoms with Crippen LogP contribution in [0, 0.1) is 12.7 Å². The number of hydroxylamine groups is 1. The Morgan fingerprint density at radius 2 is 2.20 bits per heavy atom. The van der Waals surface area contributed by atoms with E-state index in [1.807, 2.05) is 0 Å². The summed E-state index contributed by atoms with van der Waals surface area (Å²) < 4.78 is 19.1. The molecule has 3 N–H and O–H groups in total. The van der Waals surface area contributed by atoms with Crippen LogP contribution in [-0.2, 0) is 4.84 Å². The molecule has 1 amide bonds. The molecule has 2 aromatic carbocycles. The maximum Gasteiger partial charge on any atom is 0.277 e. The lowest BCUT2D eigenvalue weighted by Gasteiger charge is -2.14. The number of nitrogens with one attached hydrogen (secondary N) is 2. The van der Waals surface area contributed by atoms with Crippen molar-refractivity contribution in [3.05, 3.63) is 53.5 Å². The molecule has 0 radical (unpaired) electrons. The second-order valence-corrected chi connectivity index (χ2v) is 6.15. The normalized spacial score (nSPS) is 10.8. The van der Waals surface area contributed by atoms with Gasteiger partial charge < -0.3 is 10.4 Å². The van der Waals surface area contributed by atoms with Crippen molar-refractivity contribution in [2.75, 3.05) is 18.5 Å². The Balaban J connectivity index is 2.00. The van der Waals surface area contributed by atoms with Crippen LogP contribution in [-0.4, -0.2) is 28.6 Å². The summed E-state index contributed by atoms with van der Waals surface area (Å²) in [5, 5.41) is 12.6. The second-order valence-electron chi connectivity index (χ2n) is 5.34. The highest BCUT2D eigenvalue weighted by Gasteiger charge is 2.17. The first-order valence-corrected chi connectivity index (χ1v) is 8.31. The van der Waals surface area contributed by atoms with E-state index in [9.17, 15) is 9.18 Å². The summed E-state index contributed by atoms with van der Waals surface area (Å²) >= 11 is 1.21. The first-order valence-electron chi connectivity index (χ1n) is 7.53. The van der Waals surface area contributed by atoms with E-state index in [0.717, 1.165) is 15.6 Å². The predicted molar refractivity (Wildman–Crippen MR) is 94.5 cm³/mol. The Bertz CT molecular complexity index is 913. The van der Waals surface area contributed by atoms with Crippen LogP contribution in [0.3, 0.4) is 0 Å². The molecule has 0 unspecified atom stereocenters. The number of amides is 1. The quantitative estimate of drug-likeness (QED) is 0.464. The average molecular weight is 361 g/mol. The van der Waals surface area contributed by atoms with Gasteiger partial charge >= 0.3 is 0 Å². The van der Waals surface area contributed by atoms with Crippen LogP contribution in [0.1, 0.15) is 15.9 Å². The van der Waals surface area contributed by atoms with Gasteiger partial charge in [-0.1, -0.05) is 12.1 Å². The van der Waals surface area contributed by atoms with Crippen LogP contribution < -0.4 is 10.8 Å². The van der Waals surface area contributed by atoms with Gasteiger partial charge in [0, 0.05) is 11.6 Å². The molecule has 0 fully saturated rings. The average Bonchev–Trinajstić information content (AvgIpc) is 3.06. The van der Waals surface area contributed by atoms with Crippen LogP contribution in [0.15, 0.2) is 36.5 Å². The zero-order valence-electron chi connectivity index (χ0n) is 13.4. The number of carbonyl (C=O) groups excluding carboxylic acids is 1. The number of benzene rings is 2. The zero-order chi connectivity index (χ0) is 17.8. The number of aromatic nitrogens is 1. The molecule has 1 heterocycles. The van der Waals surface area contributed by atoms with Crippen LogP contribution in [0.25, 0.3) is 10.1 Å². The number of fused-ring (bicyclic) bond motifs is 1. The summed E-state index contributed by atoms with van der Waals surface area (Å²) in [4.78, 5) is 17.2. The Hall–Kier alpha value is -2.55. The van der Waals surface area contributed by atoms with E-state index in [1.54, 1.807) is 37.4 Å². The number of halogens is 1. The molecule has 3 rings (SSSR count). The molecule has 130 valence electrons. The number of rotatable bonds is 6. The molecule has 0 spiro atoms. The summed E-state index contributed by atoms with van der Waals surface area (Å²) in [5.74, 6) is -0.914. The van der Waals surface area contributed by atoms with E-state index in [-0.39, 0.29) is 24.5 Å². The Kier molecular flexibility index (Phi) is 5.22. The van der Waals surface area contributed by atoms with Crippen LogP contribution in [0.2, 0.25) is 0 Å². The summed E-state index contributed by atoms with van der Waals surface area (Å²) in [6.45, 7) is 1.56. The predicted octanol–water partition coefficient (Wildman–Crippen LogP) is 3.14. The highest BCUT2D eigenvalue weighted by Crippen LogP contribution is 2.33. The Morgan fingerprint density at radius 1 is 1.36 bits per heavy atom. The monoisotopic (exact) mass is 361 g/mol. The van der Waals surface area contributed by atoms with Gasteiger partial charge in [0.25, 0.3) is 5.91 Å². The van der Waals surface area contributed by atoms with Crippen molar-refractivity contribution in [1.29, 1.82) is 0 Å². The minimum absolute atomic E-state index is 0.0239. The molecule has 6 nitrogen and oxygen atoms in total. The Labute approximate surface area is 147 Å². The third kappa shape index (κ3) is 3.76. The van der Waals surface area contributed by atoms with Gasteiger partial charge in [-0.05, 0) is 42.2 Å². The molecule has 0 aliphatic carbocycles. The lowest BCUT2D eigenvalue weighted by molar-refractivity contribution is 0.0169. The third-order valence-corrected chi connectivity index (χ3v) is 4.34. The largest absolute Gasteiger partial charge is 0.394 e. The molecule has 3 aromatic rings. The number of aliphatic hydroxyl groups excluding tert-OH is 1. The molecule has 0 aliphatic heterocycles. The van der Waals surface area contributed by atoms with Gasteiger partial charge in [0.15, 0.2) is 0 Å². The highest BCUT2D eigenvalue weighted by atomic mass is 32.1. The fourth-order valence-corrected chi connectivity index (χ4v) is 3.07. The topological polar surface area (TPSA) is 83.5 Å². The molecule has 8 heteroatoms. The van der Waals surface area contributed by atoms with Crippen molar-refractivity contribution in [2.45, 2.75) is 6.92 Å². The number of anilines is 2. The third-order valence-electron chi connectivity index (χ3n) is 3.51. The summed E-state index contributed by atoms with van der Waals surface area (Å²) in [6, 6.07) is 8.19. The molecule has 25 heavy (non-hydrogen) atoms. The fraction of sp³-hybridized carbons (Fsp3) is 0.176. The first-order chi connectivity index (χ1) is 12.1. The molecule has 0 atom stereocenters. The standard InChI is InChI=1S/C17H16FN3O3S/c1-10-2-5-14(13(18)8-10)20-15-12(17(23)21-24-7-6-22)4-3-11-9-19-25-16(11)15/h2-5,8-9,20,22H,6-7H2,1H3,(H,21,23). The fourth-order valence-electron chi connectivity index (χ4n) is 2.32. The molecule has 0 saturated heterocycles. The molecule has 0 aliphatic rings. The summed E-state index contributed by atoms with van der Waals surface area (Å²) in [5.41, 5.74) is 4.06. The number of nitrogens with zero attached hydrogens (tertiary/aromatic N) is 1. The first kappa shape index (κ1) is 17.3. The van der Waals surface area contributed by atoms with Crippen molar-refractivity contribution >= 4 is 38.9 Å². The zero-order valence-corrected chi connectivity index (χ0v) is 14.2. The number of aliphatic hydroxyl groups is 1. The van der Waals surface area contributed by atoms with Crippen LogP contribution in [0.4, 0.5) is 15.8 Å². The SMILES string of the molecule is Cc1ccc(Nc2c(C(=O)NOCCO)ccc3cnsc23)c(F)c1. The highest BCUT2D eigenvalue weighted by molar-refractivity contribution is 7.14. The smallest absolute Gasteiger partial charge is 0.277 e. The van der Waals surface area contributed by atoms with Crippen molar-refractivity contribution in [2.24, 2.45) is 0 Å².